The molecule has 1 N–H and O–H groups in total. The number of benzene rings is 1. The molecule has 2 atom stereocenters. The van der Waals surface area contributed by atoms with Gasteiger partial charge in [0, 0.05) is 18.1 Å². The fourth-order valence-corrected chi connectivity index (χ4v) is 3.36. The zero-order chi connectivity index (χ0) is 14.4. The fraction of sp³-hybridized carbons (Fsp3) is 0.667. The van der Waals surface area contributed by atoms with E-state index in [1.54, 1.807) is 0 Å². The number of hydrogen-bond acceptors (Lipinski definition) is 2. The Morgan fingerprint density at radius 1 is 1.30 bits per heavy atom. The quantitative estimate of drug-likeness (QED) is 0.815. The van der Waals surface area contributed by atoms with Gasteiger partial charge >= 0.3 is 0 Å². The van der Waals surface area contributed by atoms with Crippen LogP contribution in [-0.4, -0.2) is 25.8 Å². The molecular formula is C18H29NO. The molecule has 2 nitrogen and oxygen atoms in total. The van der Waals surface area contributed by atoms with Crippen LogP contribution in [0.25, 0.3) is 0 Å². The van der Waals surface area contributed by atoms with Crippen molar-refractivity contribution in [2.45, 2.75) is 63.5 Å². The molecule has 1 aliphatic heterocycles. The van der Waals surface area contributed by atoms with Gasteiger partial charge in [0.25, 0.3) is 0 Å². The maximum absolute atomic E-state index is 5.72. The Balaban J connectivity index is 1.89. The third kappa shape index (κ3) is 3.83. The minimum atomic E-state index is 0.159. The van der Waals surface area contributed by atoms with Crippen molar-refractivity contribution in [3.8, 4) is 0 Å². The summed E-state index contributed by atoms with van der Waals surface area (Å²) in [7, 11) is 2.08. The van der Waals surface area contributed by atoms with Crippen molar-refractivity contribution in [3.05, 3.63) is 35.9 Å². The molecule has 0 spiro atoms. The summed E-state index contributed by atoms with van der Waals surface area (Å²) >= 11 is 0. The fourth-order valence-electron chi connectivity index (χ4n) is 3.36. The monoisotopic (exact) mass is 275 g/mol. The Morgan fingerprint density at radius 3 is 2.65 bits per heavy atom. The summed E-state index contributed by atoms with van der Waals surface area (Å²) in [6, 6.07) is 11.3. The first-order valence-corrected chi connectivity index (χ1v) is 7.99. The minimum absolute atomic E-state index is 0.159. The van der Waals surface area contributed by atoms with Crippen LogP contribution in [0.5, 0.6) is 0 Å². The predicted molar refractivity (Wildman–Crippen MR) is 85.1 cm³/mol. The molecule has 0 aromatic heterocycles. The molecule has 0 amide bonds. The minimum Gasteiger partial charge on any atom is -0.378 e. The lowest BCUT2D eigenvalue weighted by atomic mass is 9.76. The van der Waals surface area contributed by atoms with Crippen molar-refractivity contribution >= 4 is 0 Å². The van der Waals surface area contributed by atoms with E-state index in [9.17, 15) is 0 Å². The van der Waals surface area contributed by atoms with Gasteiger partial charge in [-0.15, -0.1) is 0 Å². The van der Waals surface area contributed by atoms with Crippen LogP contribution >= 0.6 is 0 Å². The highest BCUT2D eigenvalue weighted by Gasteiger charge is 2.30. The Bertz CT molecular complexity index is 382. The van der Waals surface area contributed by atoms with E-state index in [-0.39, 0.29) is 5.41 Å². The first-order chi connectivity index (χ1) is 9.64. The van der Waals surface area contributed by atoms with Crippen LogP contribution in [0.3, 0.4) is 0 Å². The van der Waals surface area contributed by atoms with Crippen molar-refractivity contribution in [2.24, 2.45) is 0 Å². The van der Waals surface area contributed by atoms with Crippen molar-refractivity contribution in [3.63, 3.8) is 0 Å². The lowest BCUT2D eigenvalue weighted by molar-refractivity contribution is 0.100. The summed E-state index contributed by atoms with van der Waals surface area (Å²) in [6.45, 7) is 5.65. The van der Waals surface area contributed by atoms with Crippen molar-refractivity contribution < 1.29 is 4.74 Å². The van der Waals surface area contributed by atoms with E-state index < -0.39 is 0 Å². The zero-order valence-corrected chi connectivity index (χ0v) is 13.2. The largest absolute Gasteiger partial charge is 0.378 e. The van der Waals surface area contributed by atoms with Crippen LogP contribution in [0.4, 0.5) is 0 Å². The number of rotatable bonds is 7. The SMILES string of the molecule is CNC(CCCC1CCCO1)C(C)(C)c1ccccc1. The lowest BCUT2D eigenvalue weighted by Gasteiger charge is -2.35. The third-order valence-corrected chi connectivity index (χ3v) is 4.78. The van der Waals surface area contributed by atoms with Crippen molar-refractivity contribution in [1.82, 2.24) is 5.32 Å². The third-order valence-electron chi connectivity index (χ3n) is 4.78. The molecule has 1 heterocycles. The molecule has 2 unspecified atom stereocenters. The maximum Gasteiger partial charge on any atom is 0.0576 e. The number of nitrogens with one attached hydrogen (secondary N) is 1. The molecule has 0 saturated carbocycles. The number of hydrogen-bond donors (Lipinski definition) is 1. The van der Waals surface area contributed by atoms with Crippen molar-refractivity contribution in [2.75, 3.05) is 13.7 Å². The molecule has 20 heavy (non-hydrogen) atoms. The Labute approximate surface area is 123 Å². The second kappa shape index (κ2) is 7.24. The summed E-state index contributed by atoms with van der Waals surface area (Å²) in [5.41, 5.74) is 1.57. The van der Waals surface area contributed by atoms with Gasteiger partial charge in [-0.25, -0.2) is 0 Å². The molecule has 0 bridgehead atoms. The lowest BCUT2D eigenvalue weighted by Crippen LogP contribution is -2.43. The van der Waals surface area contributed by atoms with E-state index in [0.717, 1.165) is 6.61 Å². The second-order valence-corrected chi connectivity index (χ2v) is 6.49. The van der Waals surface area contributed by atoms with E-state index >= 15 is 0 Å². The summed E-state index contributed by atoms with van der Waals surface area (Å²) in [5.74, 6) is 0. The molecule has 1 fully saturated rings. The van der Waals surface area contributed by atoms with Crippen LogP contribution in [0.2, 0.25) is 0 Å². The molecular weight excluding hydrogens is 246 g/mol. The van der Waals surface area contributed by atoms with Gasteiger partial charge in [-0.05, 0) is 44.7 Å². The molecule has 1 aromatic carbocycles. The first kappa shape index (κ1) is 15.5. The topological polar surface area (TPSA) is 21.3 Å². The van der Waals surface area contributed by atoms with Crippen LogP contribution < -0.4 is 5.32 Å². The molecule has 0 radical (unpaired) electrons. The van der Waals surface area contributed by atoms with E-state index in [1.807, 2.05) is 0 Å². The Morgan fingerprint density at radius 2 is 2.05 bits per heavy atom. The van der Waals surface area contributed by atoms with E-state index in [1.165, 1.54) is 37.7 Å². The number of ether oxygens (including phenoxy) is 1. The zero-order valence-electron chi connectivity index (χ0n) is 13.2. The molecule has 2 rings (SSSR count). The van der Waals surface area contributed by atoms with Crippen molar-refractivity contribution in [1.29, 1.82) is 0 Å². The highest BCUT2D eigenvalue weighted by molar-refractivity contribution is 5.25. The van der Waals surface area contributed by atoms with E-state index in [2.05, 4.69) is 56.5 Å². The number of likely N-dealkylation sites (N-methyl/N-ethyl adjacent to an activating group) is 1. The van der Waals surface area contributed by atoms with Crippen LogP contribution in [-0.2, 0) is 10.2 Å². The molecule has 0 aliphatic carbocycles. The van der Waals surface area contributed by atoms with Gasteiger partial charge in [0.15, 0.2) is 0 Å². The van der Waals surface area contributed by atoms with Gasteiger partial charge in [-0.3, -0.25) is 0 Å². The summed E-state index contributed by atoms with van der Waals surface area (Å²) in [4.78, 5) is 0. The highest BCUT2D eigenvalue weighted by Crippen LogP contribution is 2.30. The molecule has 1 saturated heterocycles. The molecule has 1 aliphatic rings. The average molecular weight is 275 g/mol. The molecule has 2 heteroatoms. The standard InChI is InChI=1S/C18H29NO/c1-18(2,15-9-5-4-6-10-15)17(19-3)13-7-11-16-12-8-14-20-16/h4-6,9-10,16-17,19H,7-8,11-14H2,1-3H3. The van der Waals surface area contributed by atoms with Gasteiger partial charge in [0.2, 0.25) is 0 Å². The predicted octanol–water partition coefficient (Wildman–Crippen LogP) is 3.90. The average Bonchev–Trinajstić information content (AvgIpc) is 2.97. The van der Waals surface area contributed by atoms with Crippen LogP contribution in [0, 0.1) is 0 Å². The van der Waals surface area contributed by atoms with Gasteiger partial charge in [0.1, 0.15) is 0 Å². The normalized spacial score (nSPS) is 21.1. The summed E-state index contributed by atoms with van der Waals surface area (Å²) < 4.78 is 5.72. The molecule has 1 aromatic rings. The Hall–Kier alpha value is -0.860. The van der Waals surface area contributed by atoms with Crippen LogP contribution in [0.15, 0.2) is 30.3 Å². The summed E-state index contributed by atoms with van der Waals surface area (Å²) in [6.07, 6.45) is 6.68. The molecule has 112 valence electrons. The van der Waals surface area contributed by atoms with Gasteiger partial charge in [-0.1, -0.05) is 44.2 Å². The highest BCUT2D eigenvalue weighted by atomic mass is 16.5. The van der Waals surface area contributed by atoms with Gasteiger partial charge in [-0.2, -0.15) is 0 Å². The smallest absolute Gasteiger partial charge is 0.0576 e. The van der Waals surface area contributed by atoms with E-state index in [0.29, 0.717) is 12.1 Å². The van der Waals surface area contributed by atoms with Gasteiger partial charge in [0.05, 0.1) is 6.10 Å². The van der Waals surface area contributed by atoms with E-state index in [4.69, 9.17) is 4.74 Å². The van der Waals surface area contributed by atoms with Crippen LogP contribution in [0.1, 0.15) is 51.5 Å². The first-order valence-electron chi connectivity index (χ1n) is 7.99. The Kier molecular flexibility index (Phi) is 5.62. The maximum atomic E-state index is 5.72. The summed E-state index contributed by atoms with van der Waals surface area (Å²) in [5, 5.41) is 3.53. The second-order valence-electron chi connectivity index (χ2n) is 6.49. The van der Waals surface area contributed by atoms with Gasteiger partial charge < -0.3 is 10.1 Å².